The van der Waals surface area contributed by atoms with E-state index in [4.69, 9.17) is 11.6 Å². The molecule has 1 heterocycles. The molecule has 0 radical (unpaired) electrons. The minimum Gasteiger partial charge on any atom is -0.322 e. The van der Waals surface area contributed by atoms with Crippen LogP contribution in [0.2, 0.25) is 5.02 Å². The summed E-state index contributed by atoms with van der Waals surface area (Å²) < 4.78 is 0. The predicted octanol–water partition coefficient (Wildman–Crippen LogP) is 3.87. The Balaban J connectivity index is 2.75. The van der Waals surface area contributed by atoms with E-state index < -0.39 is 0 Å². The van der Waals surface area contributed by atoms with Gasteiger partial charge in [-0.1, -0.05) is 32.4 Å². The first-order valence-corrected chi connectivity index (χ1v) is 6.26. The highest BCUT2D eigenvalue weighted by molar-refractivity contribution is 6.32. The Hall–Kier alpha value is -1.28. The van der Waals surface area contributed by atoms with Crippen LogP contribution in [0.1, 0.15) is 37.8 Å². The van der Waals surface area contributed by atoms with Gasteiger partial charge in [0.25, 0.3) is 5.56 Å². The van der Waals surface area contributed by atoms with Gasteiger partial charge in [-0.2, -0.15) is 0 Å². The number of aromatic amines is 1. The summed E-state index contributed by atoms with van der Waals surface area (Å²) in [7, 11) is 0. The molecule has 1 aromatic carbocycles. The third-order valence-electron chi connectivity index (χ3n) is 3.04. The van der Waals surface area contributed by atoms with Gasteiger partial charge in [0.05, 0.1) is 0 Å². The van der Waals surface area contributed by atoms with Crippen LogP contribution >= 0.6 is 11.6 Å². The summed E-state index contributed by atoms with van der Waals surface area (Å²) in [6.45, 7) is 6.15. The number of fused-ring (bicyclic) bond motifs is 1. The Kier molecular flexibility index (Phi) is 3.25. The van der Waals surface area contributed by atoms with Crippen molar-refractivity contribution in [3.05, 3.63) is 44.7 Å². The Morgan fingerprint density at radius 2 is 2.00 bits per heavy atom. The molecule has 0 aliphatic rings. The van der Waals surface area contributed by atoms with Crippen molar-refractivity contribution >= 4 is 22.5 Å². The first-order chi connectivity index (χ1) is 8.02. The first kappa shape index (κ1) is 12.2. The third-order valence-corrected chi connectivity index (χ3v) is 3.37. The standard InChI is InChI=1S/C14H16ClNO/c1-4-9-5-10-6-12(15)11(8(2)3)7-13(10)16-14(9)17/h5-8H,4H2,1-3H3,(H,16,17). The lowest BCUT2D eigenvalue weighted by Crippen LogP contribution is -2.11. The van der Waals surface area contributed by atoms with Gasteiger partial charge in [-0.15, -0.1) is 0 Å². The maximum absolute atomic E-state index is 11.7. The molecule has 1 N–H and O–H groups in total. The molecule has 90 valence electrons. The van der Waals surface area contributed by atoms with Crippen LogP contribution in [0.15, 0.2) is 23.0 Å². The maximum Gasteiger partial charge on any atom is 0.251 e. The van der Waals surface area contributed by atoms with Crippen LogP contribution in [0, 0.1) is 0 Å². The van der Waals surface area contributed by atoms with Gasteiger partial charge < -0.3 is 4.98 Å². The van der Waals surface area contributed by atoms with Crippen molar-refractivity contribution in [3.8, 4) is 0 Å². The van der Waals surface area contributed by atoms with Crippen LogP contribution in [0.5, 0.6) is 0 Å². The van der Waals surface area contributed by atoms with Crippen LogP contribution in [0.4, 0.5) is 0 Å². The number of nitrogens with one attached hydrogen (secondary N) is 1. The van der Waals surface area contributed by atoms with Gasteiger partial charge in [-0.05, 0) is 41.5 Å². The van der Waals surface area contributed by atoms with Crippen LogP contribution in [0.3, 0.4) is 0 Å². The molecule has 0 spiro atoms. The average molecular weight is 250 g/mol. The Labute approximate surface area is 106 Å². The molecule has 2 aromatic rings. The van der Waals surface area contributed by atoms with E-state index in [-0.39, 0.29) is 5.56 Å². The minimum atomic E-state index is -0.00275. The van der Waals surface area contributed by atoms with Crippen molar-refractivity contribution in [1.82, 2.24) is 4.98 Å². The highest BCUT2D eigenvalue weighted by Gasteiger charge is 2.08. The van der Waals surface area contributed by atoms with Gasteiger partial charge >= 0.3 is 0 Å². The smallest absolute Gasteiger partial charge is 0.251 e. The van der Waals surface area contributed by atoms with E-state index >= 15 is 0 Å². The van der Waals surface area contributed by atoms with Crippen molar-refractivity contribution in [2.75, 3.05) is 0 Å². The first-order valence-electron chi connectivity index (χ1n) is 5.88. The predicted molar refractivity (Wildman–Crippen MR) is 73.0 cm³/mol. The molecule has 0 amide bonds. The fourth-order valence-electron chi connectivity index (χ4n) is 1.99. The number of aryl methyl sites for hydroxylation is 1. The fourth-order valence-corrected chi connectivity index (χ4v) is 2.38. The molecule has 3 heteroatoms. The van der Waals surface area contributed by atoms with Crippen molar-refractivity contribution in [1.29, 1.82) is 0 Å². The largest absolute Gasteiger partial charge is 0.322 e. The summed E-state index contributed by atoms with van der Waals surface area (Å²) in [6, 6.07) is 5.83. The van der Waals surface area contributed by atoms with E-state index in [1.165, 1.54) is 0 Å². The van der Waals surface area contributed by atoms with E-state index in [2.05, 4.69) is 18.8 Å². The van der Waals surface area contributed by atoms with Crippen LogP contribution in [0.25, 0.3) is 10.9 Å². The molecule has 17 heavy (non-hydrogen) atoms. The lowest BCUT2D eigenvalue weighted by atomic mass is 10.0. The van der Waals surface area contributed by atoms with Crippen molar-refractivity contribution < 1.29 is 0 Å². The van der Waals surface area contributed by atoms with E-state index in [0.717, 1.165) is 33.5 Å². The van der Waals surface area contributed by atoms with Gasteiger partial charge in [0, 0.05) is 16.1 Å². The number of hydrogen-bond acceptors (Lipinski definition) is 1. The number of hydrogen-bond donors (Lipinski definition) is 1. The topological polar surface area (TPSA) is 32.9 Å². The molecule has 0 fully saturated rings. The average Bonchev–Trinajstić information content (AvgIpc) is 2.27. The molecule has 2 rings (SSSR count). The summed E-state index contributed by atoms with van der Waals surface area (Å²) in [6.07, 6.45) is 0.731. The van der Waals surface area contributed by atoms with E-state index in [0.29, 0.717) is 5.92 Å². The lowest BCUT2D eigenvalue weighted by molar-refractivity contribution is 0.868. The Morgan fingerprint density at radius 3 is 2.59 bits per heavy atom. The van der Waals surface area contributed by atoms with Crippen molar-refractivity contribution in [2.24, 2.45) is 0 Å². The number of benzene rings is 1. The number of rotatable bonds is 2. The molecule has 0 saturated carbocycles. The molecule has 0 unspecified atom stereocenters. The summed E-state index contributed by atoms with van der Waals surface area (Å²) >= 11 is 6.24. The number of aromatic nitrogens is 1. The highest BCUT2D eigenvalue weighted by Crippen LogP contribution is 2.28. The van der Waals surface area contributed by atoms with Gasteiger partial charge in [0.2, 0.25) is 0 Å². The lowest BCUT2D eigenvalue weighted by Gasteiger charge is -2.10. The third kappa shape index (κ3) is 2.22. The zero-order valence-electron chi connectivity index (χ0n) is 10.3. The molecule has 0 bridgehead atoms. The monoisotopic (exact) mass is 249 g/mol. The van der Waals surface area contributed by atoms with Gasteiger partial charge in [-0.3, -0.25) is 4.79 Å². The molecule has 0 saturated heterocycles. The second-order valence-electron chi connectivity index (χ2n) is 4.59. The number of H-pyrrole nitrogens is 1. The zero-order chi connectivity index (χ0) is 12.6. The fraction of sp³-hybridized carbons (Fsp3) is 0.357. The second-order valence-corrected chi connectivity index (χ2v) is 5.00. The van der Waals surface area contributed by atoms with E-state index in [1.807, 2.05) is 25.1 Å². The van der Waals surface area contributed by atoms with Crippen LogP contribution in [-0.2, 0) is 6.42 Å². The van der Waals surface area contributed by atoms with Crippen molar-refractivity contribution in [3.63, 3.8) is 0 Å². The molecule has 0 aliphatic heterocycles. The number of pyridine rings is 1. The molecule has 1 aromatic heterocycles. The molecule has 2 nitrogen and oxygen atoms in total. The normalized spacial score (nSPS) is 11.4. The molecular formula is C14H16ClNO. The quantitative estimate of drug-likeness (QED) is 0.861. The maximum atomic E-state index is 11.7. The SMILES string of the molecule is CCc1cc2cc(Cl)c(C(C)C)cc2[nH]c1=O. The summed E-state index contributed by atoms with van der Waals surface area (Å²) in [5, 5.41) is 1.76. The van der Waals surface area contributed by atoms with Gasteiger partial charge in [0.1, 0.15) is 0 Å². The Bertz CT molecular complexity index is 613. The van der Waals surface area contributed by atoms with E-state index in [9.17, 15) is 4.79 Å². The van der Waals surface area contributed by atoms with Gasteiger partial charge in [0.15, 0.2) is 0 Å². The zero-order valence-corrected chi connectivity index (χ0v) is 11.1. The minimum absolute atomic E-state index is 0.00275. The second kappa shape index (κ2) is 4.53. The molecule has 0 atom stereocenters. The van der Waals surface area contributed by atoms with Crippen LogP contribution in [-0.4, -0.2) is 4.98 Å². The number of halogens is 1. The summed E-state index contributed by atoms with van der Waals surface area (Å²) in [5.74, 6) is 0.348. The van der Waals surface area contributed by atoms with Gasteiger partial charge in [-0.25, -0.2) is 0 Å². The van der Waals surface area contributed by atoms with Crippen LogP contribution < -0.4 is 5.56 Å². The Morgan fingerprint density at radius 1 is 1.29 bits per heavy atom. The summed E-state index contributed by atoms with van der Waals surface area (Å²) in [4.78, 5) is 14.7. The molecule has 0 aliphatic carbocycles. The molecular weight excluding hydrogens is 234 g/mol. The summed E-state index contributed by atoms with van der Waals surface area (Å²) in [5.41, 5.74) is 2.72. The van der Waals surface area contributed by atoms with E-state index in [1.54, 1.807) is 0 Å². The highest BCUT2D eigenvalue weighted by atomic mass is 35.5. The van der Waals surface area contributed by atoms with Crippen molar-refractivity contribution in [2.45, 2.75) is 33.1 Å².